The van der Waals surface area contributed by atoms with E-state index in [1.165, 1.54) is 11.3 Å². The maximum absolute atomic E-state index is 5.81. The van der Waals surface area contributed by atoms with Crippen molar-refractivity contribution in [3.63, 3.8) is 0 Å². The van der Waals surface area contributed by atoms with E-state index in [1.54, 1.807) is 0 Å². The van der Waals surface area contributed by atoms with E-state index in [0.717, 1.165) is 44.0 Å². The number of halogens is 2. The Labute approximate surface area is 184 Å². The number of anilines is 1. The molecular formula is C20H29ClIN5. The molecule has 1 aromatic carbocycles. The van der Waals surface area contributed by atoms with Crippen molar-refractivity contribution >= 4 is 47.2 Å². The summed E-state index contributed by atoms with van der Waals surface area (Å²) in [5.74, 6) is 0.847. The standard InChI is InChI=1S/C20H28ClN5.HI/c1-4-22-20(24-14-12-17-7-10-19(21)25-15-17)23-13-11-16-5-8-18(9-6-16)26(2)3;/h5-10,15H,4,11-14H2,1-3H3,(H2,22,23,24);1H. The summed E-state index contributed by atoms with van der Waals surface area (Å²) in [6.45, 7) is 4.46. The molecule has 0 amide bonds. The van der Waals surface area contributed by atoms with Gasteiger partial charge in [0, 0.05) is 45.6 Å². The molecule has 0 saturated carbocycles. The molecule has 5 nitrogen and oxygen atoms in total. The monoisotopic (exact) mass is 501 g/mol. The van der Waals surface area contributed by atoms with Crippen molar-refractivity contribution in [1.82, 2.24) is 15.6 Å². The predicted molar refractivity (Wildman–Crippen MR) is 127 cm³/mol. The van der Waals surface area contributed by atoms with E-state index < -0.39 is 0 Å². The first-order valence-corrected chi connectivity index (χ1v) is 9.35. The quantitative estimate of drug-likeness (QED) is 0.250. The van der Waals surface area contributed by atoms with Crippen molar-refractivity contribution in [2.24, 2.45) is 4.99 Å². The highest BCUT2D eigenvalue weighted by atomic mass is 127. The van der Waals surface area contributed by atoms with Gasteiger partial charge in [0.25, 0.3) is 0 Å². The first-order valence-electron chi connectivity index (χ1n) is 8.97. The Morgan fingerprint density at radius 2 is 1.74 bits per heavy atom. The third kappa shape index (κ3) is 8.79. The molecule has 0 bridgehead atoms. The summed E-state index contributed by atoms with van der Waals surface area (Å²) < 4.78 is 0. The predicted octanol–water partition coefficient (Wildman–Crippen LogP) is 3.76. The third-order valence-electron chi connectivity index (χ3n) is 3.96. The second-order valence-electron chi connectivity index (χ2n) is 6.24. The molecule has 0 aliphatic carbocycles. The van der Waals surface area contributed by atoms with Gasteiger partial charge in [-0.25, -0.2) is 4.98 Å². The number of nitrogens with one attached hydrogen (secondary N) is 2. The maximum atomic E-state index is 5.81. The summed E-state index contributed by atoms with van der Waals surface area (Å²) in [5, 5.41) is 7.17. The SMILES string of the molecule is CCNC(=NCCc1ccc(N(C)C)cc1)NCCc1ccc(Cl)nc1.I. The van der Waals surface area contributed by atoms with E-state index in [-0.39, 0.29) is 24.0 Å². The van der Waals surface area contributed by atoms with Crippen LogP contribution in [-0.2, 0) is 12.8 Å². The van der Waals surface area contributed by atoms with E-state index in [0.29, 0.717) is 5.15 Å². The number of aromatic nitrogens is 1. The third-order valence-corrected chi connectivity index (χ3v) is 4.19. The Morgan fingerprint density at radius 3 is 2.33 bits per heavy atom. The van der Waals surface area contributed by atoms with Gasteiger partial charge in [0.2, 0.25) is 0 Å². The molecule has 0 unspecified atom stereocenters. The van der Waals surface area contributed by atoms with Gasteiger partial charge < -0.3 is 15.5 Å². The van der Waals surface area contributed by atoms with E-state index in [9.17, 15) is 0 Å². The summed E-state index contributed by atoms with van der Waals surface area (Å²) in [6, 6.07) is 12.4. The van der Waals surface area contributed by atoms with Crippen LogP contribution in [0.4, 0.5) is 5.69 Å². The fourth-order valence-corrected chi connectivity index (χ4v) is 2.59. The zero-order chi connectivity index (χ0) is 18.8. The van der Waals surface area contributed by atoms with Crippen molar-refractivity contribution in [1.29, 1.82) is 0 Å². The van der Waals surface area contributed by atoms with Gasteiger partial charge in [-0.05, 0) is 49.1 Å². The minimum absolute atomic E-state index is 0. The molecule has 0 radical (unpaired) electrons. The van der Waals surface area contributed by atoms with Crippen molar-refractivity contribution in [3.8, 4) is 0 Å². The average molecular weight is 502 g/mol. The van der Waals surface area contributed by atoms with Crippen LogP contribution in [0.25, 0.3) is 0 Å². The normalized spacial score (nSPS) is 10.9. The number of guanidine groups is 1. The summed E-state index contributed by atoms with van der Waals surface area (Å²) in [5.41, 5.74) is 3.66. The molecule has 7 heteroatoms. The molecule has 0 aliphatic heterocycles. The topological polar surface area (TPSA) is 52.6 Å². The number of nitrogens with zero attached hydrogens (tertiary/aromatic N) is 3. The van der Waals surface area contributed by atoms with Crippen LogP contribution in [-0.4, -0.2) is 44.7 Å². The highest BCUT2D eigenvalue weighted by Gasteiger charge is 2.00. The van der Waals surface area contributed by atoms with Gasteiger partial charge in [-0.15, -0.1) is 24.0 Å². The number of hydrogen-bond donors (Lipinski definition) is 2. The van der Waals surface area contributed by atoms with Crippen LogP contribution in [0, 0.1) is 0 Å². The number of hydrogen-bond acceptors (Lipinski definition) is 3. The minimum atomic E-state index is 0. The molecule has 1 aromatic heterocycles. The summed E-state index contributed by atoms with van der Waals surface area (Å²) in [7, 11) is 4.10. The fraction of sp³-hybridized carbons (Fsp3) is 0.400. The lowest BCUT2D eigenvalue weighted by molar-refractivity contribution is 0.795. The molecule has 0 spiro atoms. The van der Waals surface area contributed by atoms with Crippen molar-refractivity contribution in [3.05, 3.63) is 58.9 Å². The first-order chi connectivity index (χ1) is 12.6. The number of rotatable bonds is 8. The average Bonchev–Trinajstić information content (AvgIpc) is 2.64. The Bertz CT molecular complexity index is 687. The molecule has 2 N–H and O–H groups in total. The van der Waals surface area contributed by atoms with Crippen molar-refractivity contribution in [2.75, 3.05) is 38.6 Å². The first kappa shape index (κ1) is 23.5. The van der Waals surface area contributed by atoms with Crippen LogP contribution in [0.3, 0.4) is 0 Å². The fourth-order valence-electron chi connectivity index (χ4n) is 2.48. The molecule has 0 saturated heterocycles. The van der Waals surface area contributed by atoms with Gasteiger partial charge in [0.15, 0.2) is 5.96 Å². The highest BCUT2D eigenvalue weighted by Crippen LogP contribution is 2.12. The van der Waals surface area contributed by atoms with Gasteiger partial charge in [-0.1, -0.05) is 29.8 Å². The van der Waals surface area contributed by atoms with Crippen molar-refractivity contribution < 1.29 is 0 Å². The lowest BCUT2D eigenvalue weighted by atomic mass is 10.1. The van der Waals surface area contributed by atoms with Crippen LogP contribution in [0.15, 0.2) is 47.6 Å². The summed E-state index contributed by atoms with van der Waals surface area (Å²) in [4.78, 5) is 10.9. The summed E-state index contributed by atoms with van der Waals surface area (Å²) >= 11 is 5.81. The Hall–Kier alpha value is -1.54. The van der Waals surface area contributed by atoms with Crippen molar-refractivity contribution in [2.45, 2.75) is 19.8 Å². The van der Waals surface area contributed by atoms with Gasteiger partial charge >= 0.3 is 0 Å². The van der Waals surface area contributed by atoms with E-state index in [1.807, 2.05) is 32.4 Å². The van der Waals surface area contributed by atoms with Gasteiger partial charge in [0.05, 0.1) is 0 Å². The smallest absolute Gasteiger partial charge is 0.191 e. The second kappa shape index (κ2) is 12.8. The van der Waals surface area contributed by atoms with E-state index >= 15 is 0 Å². The van der Waals surface area contributed by atoms with E-state index in [4.69, 9.17) is 11.6 Å². The maximum Gasteiger partial charge on any atom is 0.191 e. The van der Waals surface area contributed by atoms with Crippen LogP contribution in [0.1, 0.15) is 18.1 Å². The molecule has 148 valence electrons. The Kier molecular flexibility index (Phi) is 11.1. The number of aliphatic imine (C=N–C) groups is 1. The lowest BCUT2D eigenvalue weighted by Crippen LogP contribution is -2.38. The van der Waals surface area contributed by atoms with E-state index in [2.05, 4.69) is 56.7 Å². The van der Waals surface area contributed by atoms with Gasteiger partial charge in [-0.2, -0.15) is 0 Å². The number of pyridine rings is 1. The Morgan fingerprint density at radius 1 is 1.04 bits per heavy atom. The molecule has 2 aromatic rings. The van der Waals surface area contributed by atoms with Crippen LogP contribution >= 0.6 is 35.6 Å². The lowest BCUT2D eigenvalue weighted by Gasteiger charge is -2.13. The largest absolute Gasteiger partial charge is 0.378 e. The molecule has 27 heavy (non-hydrogen) atoms. The minimum Gasteiger partial charge on any atom is -0.378 e. The second-order valence-corrected chi connectivity index (χ2v) is 6.62. The number of benzene rings is 1. The zero-order valence-corrected chi connectivity index (χ0v) is 19.3. The highest BCUT2D eigenvalue weighted by molar-refractivity contribution is 14.0. The Balaban J connectivity index is 0.00000364. The molecule has 0 aliphatic rings. The van der Waals surface area contributed by atoms with Gasteiger partial charge in [-0.3, -0.25) is 4.99 Å². The molecule has 0 atom stereocenters. The van der Waals surface area contributed by atoms with Crippen LogP contribution < -0.4 is 15.5 Å². The van der Waals surface area contributed by atoms with Crippen LogP contribution in [0.2, 0.25) is 5.15 Å². The molecule has 0 fully saturated rings. The zero-order valence-electron chi connectivity index (χ0n) is 16.2. The molecular weight excluding hydrogens is 473 g/mol. The van der Waals surface area contributed by atoms with Gasteiger partial charge in [0.1, 0.15) is 5.15 Å². The molecule has 1 heterocycles. The summed E-state index contributed by atoms with van der Waals surface area (Å²) in [6.07, 6.45) is 3.61. The molecule has 2 rings (SSSR count). The van der Waals surface area contributed by atoms with Crippen LogP contribution in [0.5, 0.6) is 0 Å².